The summed E-state index contributed by atoms with van der Waals surface area (Å²) in [6.45, 7) is 0.830. The Bertz CT molecular complexity index is 439. The van der Waals surface area contributed by atoms with Crippen LogP contribution >= 0.6 is 12.4 Å². The quantitative estimate of drug-likeness (QED) is 0.849. The van der Waals surface area contributed by atoms with Gasteiger partial charge >= 0.3 is 0 Å². The van der Waals surface area contributed by atoms with Gasteiger partial charge in [0.1, 0.15) is 6.29 Å². The molecule has 1 unspecified atom stereocenters. The fourth-order valence-electron chi connectivity index (χ4n) is 3.27. The Morgan fingerprint density at radius 3 is 2.24 bits per heavy atom. The Morgan fingerprint density at radius 2 is 1.76 bits per heavy atom. The average Bonchev–Trinajstić information content (AvgIpc) is 2.45. The lowest BCUT2D eigenvalue weighted by atomic mass is 9.72. The first-order valence-electron chi connectivity index (χ1n) is 7.47. The topological polar surface area (TPSA) is 40.5 Å². The van der Waals surface area contributed by atoms with Crippen molar-refractivity contribution >= 4 is 18.7 Å². The SMILES string of the molecule is CN(C)CC(c1ccc(C=O)cc1)C1(O)CCCCC1.Cl. The van der Waals surface area contributed by atoms with Gasteiger partial charge in [0.15, 0.2) is 0 Å². The second kappa shape index (κ2) is 7.92. The molecule has 0 aliphatic heterocycles. The molecule has 0 heterocycles. The van der Waals surface area contributed by atoms with E-state index in [1.54, 1.807) is 0 Å². The van der Waals surface area contributed by atoms with Crippen LogP contribution in [0.3, 0.4) is 0 Å². The van der Waals surface area contributed by atoms with Crippen LogP contribution in [0.25, 0.3) is 0 Å². The average molecular weight is 312 g/mol. The number of carbonyl (C=O) groups is 1. The lowest BCUT2D eigenvalue weighted by Gasteiger charge is -2.40. The Kier molecular flexibility index (Phi) is 6.85. The van der Waals surface area contributed by atoms with Crippen LogP contribution < -0.4 is 0 Å². The summed E-state index contributed by atoms with van der Waals surface area (Å²) in [6, 6.07) is 7.67. The first-order chi connectivity index (χ1) is 9.55. The summed E-state index contributed by atoms with van der Waals surface area (Å²) < 4.78 is 0. The minimum atomic E-state index is -0.606. The highest BCUT2D eigenvalue weighted by Gasteiger charge is 2.38. The van der Waals surface area contributed by atoms with Gasteiger partial charge in [0.05, 0.1) is 5.60 Å². The van der Waals surface area contributed by atoms with Crippen molar-refractivity contribution in [3.63, 3.8) is 0 Å². The maximum Gasteiger partial charge on any atom is 0.150 e. The predicted octanol–water partition coefficient (Wildman–Crippen LogP) is 3.26. The third kappa shape index (κ3) is 4.53. The van der Waals surface area contributed by atoms with E-state index in [-0.39, 0.29) is 18.3 Å². The van der Waals surface area contributed by atoms with Gasteiger partial charge in [-0.05, 0) is 32.5 Å². The Labute approximate surface area is 133 Å². The van der Waals surface area contributed by atoms with E-state index < -0.39 is 5.60 Å². The third-order valence-electron chi connectivity index (χ3n) is 4.39. The van der Waals surface area contributed by atoms with Crippen molar-refractivity contribution < 1.29 is 9.90 Å². The number of hydrogen-bond donors (Lipinski definition) is 1. The van der Waals surface area contributed by atoms with Crippen molar-refractivity contribution in [1.82, 2.24) is 4.90 Å². The fourth-order valence-corrected chi connectivity index (χ4v) is 3.27. The zero-order valence-corrected chi connectivity index (χ0v) is 13.7. The molecule has 1 fully saturated rings. The van der Waals surface area contributed by atoms with E-state index in [9.17, 15) is 9.90 Å². The summed E-state index contributed by atoms with van der Waals surface area (Å²) in [6.07, 6.45) is 6.04. The molecule has 2 rings (SSSR count). The smallest absolute Gasteiger partial charge is 0.150 e. The van der Waals surface area contributed by atoms with E-state index in [4.69, 9.17) is 0 Å². The van der Waals surface area contributed by atoms with Crippen LogP contribution in [0.5, 0.6) is 0 Å². The van der Waals surface area contributed by atoms with Gasteiger partial charge in [-0.3, -0.25) is 4.79 Å². The molecule has 1 aliphatic rings. The monoisotopic (exact) mass is 311 g/mol. The molecule has 1 saturated carbocycles. The van der Waals surface area contributed by atoms with E-state index in [1.807, 2.05) is 38.4 Å². The second-order valence-corrected chi connectivity index (χ2v) is 6.26. The molecular formula is C17H26ClNO2. The molecule has 1 N–H and O–H groups in total. The van der Waals surface area contributed by atoms with Gasteiger partial charge in [-0.2, -0.15) is 0 Å². The largest absolute Gasteiger partial charge is 0.389 e. The van der Waals surface area contributed by atoms with Gasteiger partial charge in [-0.25, -0.2) is 0 Å². The van der Waals surface area contributed by atoms with E-state index in [0.29, 0.717) is 5.56 Å². The second-order valence-electron chi connectivity index (χ2n) is 6.26. The van der Waals surface area contributed by atoms with E-state index >= 15 is 0 Å². The zero-order valence-electron chi connectivity index (χ0n) is 12.9. The molecule has 4 heteroatoms. The lowest BCUT2D eigenvalue weighted by molar-refractivity contribution is -0.0277. The molecule has 1 aliphatic carbocycles. The number of likely N-dealkylation sites (N-methyl/N-ethyl adjacent to an activating group) is 1. The van der Waals surface area contributed by atoms with E-state index in [1.165, 1.54) is 6.42 Å². The number of halogens is 1. The highest BCUT2D eigenvalue weighted by molar-refractivity contribution is 5.85. The minimum absolute atomic E-state index is 0. The van der Waals surface area contributed by atoms with Crippen molar-refractivity contribution in [1.29, 1.82) is 0 Å². The molecule has 118 valence electrons. The summed E-state index contributed by atoms with van der Waals surface area (Å²) >= 11 is 0. The number of aldehydes is 1. The number of aliphatic hydroxyl groups is 1. The molecule has 1 aromatic carbocycles. The summed E-state index contributed by atoms with van der Waals surface area (Å²) in [5.74, 6) is 0.110. The Balaban J connectivity index is 0.00000220. The predicted molar refractivity (Wildman–Crippen MR) is 88.4 cm³/mol. The molecule has 0 amide bonds. The van der Waals surface area contributed by atoms with Gasteiger partial charge in [0, 0.05) is 18.0 Å². The molecule has 0 saturated heterocycles. The third-order valence-corrected chi connectivity index (χ3v) is 4.39. The first kappa shape index (κ1) is 18.1. The molecule has 1 aromatic rings. The van der Waals surface area contributed by atoms with Gasteiger partial charge < -0.3 is 10.0 Å². The molecule has 0 spiro atoms. The molecule has 0 aromatic heterocycles. The highest BCUT2D eigenvalue weighted by Crippen LogP contribution is 2.40. The first-order valence-corrected chi connectivity index (χ1v) is 7.47. The lowest BCUT2D eigenvalue weighted by Crippen LogP contribution is -2.42. The maximum atomic E-state index is 11.1. The summed E-state index contributed by atoms with van der Waals surface area (Å²) in [4.78, 5) is 12.9. The Morgan fingerprint density at radius 1 is 1.19 bits per heavy atom. The van der Waals surface area contributed by atoms with E-state index in [2.05, 4.69) is 4.90 Å². The van der Waals surface area contributed by atoms with Crippen LogP contribution in [0.4, 0.5) is 0 Å². The summed E-state index contributed by atoms with van der Waals surface area (Å²) in [5.41, 5.74) is 1.22. The van der Waals surface area contributed by atoms with Gasteiger partial charge in [-0.15, -0.1) is 12.4 Å². The number of benzene rings is 1. The summed E-state index contributed by atoms with van der Waals surface area (Å²) in [5, 5.41) is 11.1. The van der Waals surface area contributed by atoms with Crippen LogP contribution in [0.2, 0.25) is 0 Å². The Hall–Kier alpha value is -0.900. The molecule has 1 atom stereocenters. The fraction of sp³-hybridized carbons (Fsp3) is 0.588. The summed E-state index contributed by atoms with van der Waals surface area (Å²) in [7, 11) is 4.08. The zero-order chi connectivity index (χ0) is 14.6. The van der Waals surface area contributed by atoms with Crippen molar-refractivity contribution in [2.24, 2.45) is 0 Å². The van der Waals surface area contributed by atoms with Crippen molar-refractivity contribution in [2.75, 3.05) is 20.6 Å². The maximum absolute atomic E-state index is 11.1. The van der Waals surface area contributed by atoms with Crippen molar-refractivity contribution in [3.8, 4) is 0 Å². The van der Waals surface area contributed by atoms with Crippen LogP contribution in [0.1, 0.15) is 53.9 Å². The van der Waals surface area contributed by atoms with E-state index in [0.717, 1.165) is 44.1 Å². The normalized spacial score (nSPS) is 18.9. The molecule has 21 heavy (non-hydrogen) atoms. The van der Waals surface area contributed by atoms with Crippen molar-refractivity contribution in [3.05, 3.63) is 35.4 Å². The molecular weight excluding hydrogens is 286 g/mol. The van der Waals surface area contributed by atoms with Crippen LogP contribution in [0, 0.1) is 0 Å². The standard InChI is InChI=1S/C17H25NO2.ClH/c1-18(2)12-16(17(20)10-4-3-5-11-17)15-8-6-14(13-19)7-9-15;/h6-9,13,16,20H,3-5,10-12H2,1-2H3;1H. The minimum Gasteiger partial charge on any atom is -0.389 e. The van der Waals surface area contributed by atoms with Gasteiger partial charge in [0.2, 0.25) is 0 Å². The van der Waals surface area contributed by atoms with Gasteiger partial charge in [-0.1, -0.05) is 43.5 Å². The molecule has 3 nitrogen and oxygen atoms in total. The number of carbonyl (C=O) groups excluding carboxylic acids is 1. The van der Waals surface area contributed by atoms with Crippen LogP contribution in [-0.4, -0.2) is 42.5 Å². The van der Waals surface area contributed by atoms with Gasteiger partial charge in [0.25, 0.3) is 0 Å². The number of nitrogens with zero attached hydrogens (tertiary/aromatic N) is 1. The number of rotatable bonds is 5. The van der Waals surface area contributed by atoms with Crippen molar-refractivity contribution in [2.45, 2.75) is 43.6 Å². The highest BCUT2D eigenvalue weighted by atomic mass is 35.5. The molecule has 0 radical (unpaired) electrons. The number of hydrogen-bond acceptors (Lipinski definition) is 3. The molecule has 0 bridgehead atoms. The van der Waals surface area contributed by atoms with Crippen LogP contribution in [0.15, 0.2) is 24.3 Å². The van der Waals surface area contributed by atoms with Crippen LogP contribution in [-0.2, 0) is 0 Å².